The van der Waals surface area contributed by atoms with Crippen LogP contribution in [0.2, 0.25) is 0 Å². The highest BCUT2D eigenvalue weighted by Gasteiger charge is 2.27. The van der Waals surface area contributed by atoms with Gasteiger partial charge in [-0.3, -0.25) is 9.59 Å². The Kier molecular flexibility index (Phi) is 5.21. The summed E-state index contributed by atoms with van der Waals surface area (Å²) in [6, 6.07) is 19.7. The van der Waals surface area contributed by atoms with Crippen molar-refractivity contribution in [2.45, 2.75) is 6.42 Å². The molecule has 148 valence electrons. The molecule has 1 N–H and O–H groups in total. The number of nitrogens with one attached hydrogen (secondary N) is 1. The van der Waals surface area contributed by atoms with Gasteiger partial charge in [0.15, 0.2) is 0 Å². The molecule has 0 spiro atoms. The third-order valence-electron chi connectivity index (χ3n) is 5.44. The van der Waals surface area contributed by atoms with E-state index in [0.717, 1.165) is 34.2 Å². The first-order valence-corrected chi connectivity index (χ1v) is 9.78. The van der Waals surface area contributed by atoms with E-state index in [0.29, 0.717) is 18.6 Å². The van der Waals surface area contributed by atoms with E-state index in [-0.39, 0.29) is 17.7 Å². The van der Waals surface area contributed by atoms with Crippen molar-refractivity contribution >= 4 is 22.6 Å². The lowest BCUT2D eigenvalue weighted by molar-refractivity contribution is -0.126. The molecule has 1 aliphatic heterocycles. The Labute approximate surface area is 170 Å². The average molecular weight is 388 g/mol. The number of carbonyl (C=O) groups is 2. The zero-order valence-electron chi connectivity index (χ0n) is 16.6. The first-order chi connectivity index (χ1) is 14.1. The molecule has 0 aliphatic carbocycles. The van der Waals surface area contributed by atoms with Gasteiger partial charge in [-0.05, 0) is 34.7 Å². The molecule has 3 aromatic rings. The van der Waals surface area contributed by atoms with Crippen molar-refractivity contribution in [3.63, 3.8) is 0 Å². The van der Waals surface area contributed by atoms with Gasteiger partial charge in [-0.2, -0.15) is 0 Å². The largest absolute Gasteiger partial charge is 0.493 e. The summed E-state index contributed by atoms with van der Waals surface area (Å²) >= 11 is 0. The van der Waals surface area contributed by atoms with Crippen LogP contribution in [0.15, 0.2) is 60.7 Å². The van der Waals surface area contributed by atoms with E-state index in [4.69, 9.17) is 4.74 Å². The fourth-order valence-corrected chi connectivity index (χ4v) is 3.90. The number of hydrogen-bond acceptors (Lipinski definition) is 3. The summed E-state index contributed by atoms with van der Waals surface area (Å²) in [6.45, 7) is 1.26. The van der Waals surface area contributed by atoms with Gasteiger partial charge in [-0.15, -0.1) is 0 Å². The Morgan fingerprint density at radius 1 is 1.10 bits per heavy atom. The summed E-state index contributed by atoms with van der Waals surface area (Å²) in [6.07, 6.45) is 0.540. The van der Waals surface area contributed by atoms with Crippen LogP contribution < -0.4 is 10.1 Å². The van der Waals surface area contributed by atoms with E-state index >= 15 is 0 Å². The van der Waals surface area contributed by atoms with Gasteiger partial charge in [-0.25, -0.2) is 0 Å². The smallest absolute Gasteiger partial charge is 0.251 e. The number of rotatable bonds is 5. The highest BCUT2D eigenvalue weighted by Crippen LogP contribution is 2.35. The Bertz CT molecular complexity index is 1080. The first kappa shape index (κ1) is 19.0. The second-order valence-electron chi connectivity index (χ2n) is 7.47. The number of ether oxygens (including phenoxy) is 1. The fourth-order valence-electron chi connectivity index (χ4n) is 3.90. The maximum absolute atomic E-state index is 12.0. The topological polar surface area (TPSA) is 58.6 Å². The minimum Gasteiger partial charge on any atom is -0.493 e. The summed E-state index contributed by atoms with van der Waals surface area (Å²) in [4.78, 5) is 25.5. The van der Waals surface area contributed by atoms with Gasteiger partial charge in [0.1, 0.15) is 5.75 Å². The monoisotopic (exact) mass is 388 g/mol. The molecule has 1 saturated heterocycles. The Balaban J connectivity index is 1.66. The summed E-state index contributed by atoms with van der Waals surface area (Å²) in [7, 11) is 3.46. The molecule has 0 saturated carbocycles. The van der Waals surface area contributed by atoms with Crippen molar-refractivity contribution in [2.75, 3.05) is 27.2 Å². The molecule has 5 heteroatoms. The molecule has 0 aromatic heterocycles. The predicted molar refractivity (Wildman–Crippen MR) is 114 cm³/mol. The van der Waals surface area contributed by atoms with Crippen LogP contribution in [0.25, 0.3) is 21.9 Å². The van der Waals surface area contributed by atoms with Gasteiger partial charge in [0, 0.05) is 43.9 Å². The average Bonchev–Trinajstić information content (AvgIpc) is 3.08. The zero-order chi connectivity index (χ0) is 20.4. The van der Waals surface area contributed by atoms with Crippen LogP contribution in [0.1, 0.15) is 16.8 Å². The first-order valence-electron chi connectivity index (χ1n) is 9.78. The number of amides is 2. The normalized spacial score (nSPS) is 16.3. The second-order valence-corrected chi connectivity index (χ2v) is 7.47. The molecule has 0 radical (unpaired) electrons. The van der Waals surface area contributed by atoms with E-state index in [1.165, 1.54) is 0 Å². The van der Waals surface area contributed by atoms with Crippen molar-refractivity contribution < 1.29 is 14.3 Å². The number of fused-ring (bicyclic) bond motifs is 1. The van der Waals surface area contributed by atoms with Crippen LogP contribution in [0.3, 0.4) is 0 Å². The lowest BCUT2D eigenvalue weighted by Crippen LogP contribution is -2.20. The van der Waals surface area contributed by atoms with Gasteiger partial charge < -0.3 is 15.0 Å². The van der Waals surface area contributed by atoms with Crippen molar-refractivity contribution in [1.82, 2.24) is 10.2 Å². The summed E-state index contributed by atoms with van der Waals surface area (Å²) < 4.78 is 6.13. The van der Waals surface area contributed by atoms with Crippen LogP contribution in [0.5, 0.6) is 5.75 Å². The minimum atomic E-state index is -0.104. The fraction of sp³-hybridized carbons (Fsp3) is 0.250. The lowest BCUT2D eigenvalue weighted by atomic mass is 9.96. The van der Waals surface area contributed by atoms with Crippen LogP contribution in [-0.2, 0) is 4.79 Å². The van der Waals surface area contributed by atoms with E-state index in [9.17, 15) is 9.59 Å². The molecule has 2 amide bonds. The molecular formula is C24H24N2O3. The molecule has 29 heavy (non-hydrogen) atoms. The molecule has 3 aromatic carbocycles. The standard InChI is InChI=1S/C24H24N2O3/c1-25-24(28)18-7-5-6-17(13-18)19-10-11-22(21-9-4-3-8-20(19)21)29-15-16-12-23(27)26(2)14-16/h3-11,13,16H,12,14-15H2,1-2H3,(H,25,28). The number of benzene rings is 3. The Hall–Kier alpha value is -3.34. The molecule has 1 aliphatic rings. The maximum Gasteiger partial charge on any atom is 0.251 e. The van der Waals surface area contributed by atoms with E-state index in [1.54, 1.807) is 11.9 Å². The number of likely N-dealkylation sites (tertiary alicyclic amines) is 1. The van der Waals surface area contributed by atoms with Crippen molar-refractivity contribution in [2.24, 2.45) is 5.92 Å². The summed E-state index contributed by atoms with van der Waals surface area (Å²) in [5, 5.41) is 4.76. The minimum absolute atomic E-state index is 0.104. The van der Waals surface area contributed by atoms with Gasteiger partial charge in [0.2, 0.25) is 5.91 Å². The summed E-state index contributed by atoms with van der Waals surface area (Å²) in [5.41, 5.74) is 2.66. The molecular weight excluding hydrogens is 364 g/mol. The second kappa shape index (κ2) is 7.95. The SMILES string of the molecule is CNC(=O)c1cccc(-c2ccc(OCC3CC(=O)N(C)C3)c3ccccc23)c1. The van der Waals surface area contributed by atoms with Gasteiger partial charge in [-0.1, -0.05) is 42.5 Å². The zero-order valence-corrected chi connectivity index (χ0v) is 16.6. The van der Waals surface area contributed by atoms with Crippen molar-refractivity contribution in [1.29, 1.82) is 0 Å². The van der Waals surface area contributed by atoms with E-state index in [2.05, 4.69) is 11.4 Å². The molecule has 1 unspecified atom stereocenters. The van der Waals surface area contributed by atoms with Crippen LogP contribution in [0.4, 0.5) is 0 Å². The van der Waals surface area contributed by atoms with Gasteiger partial charge in [0.25, 0.3) is 5.91 Å². The number of nitrogens with zero attached hydrogens (tertiary/aromatic N) is 1. The molecule has 0 bridgehead atoms. The van der Waals surface area contributed by atoms with E-state index < -0.39 is 0 Å². The molecule has 4 rings (SSSR count). The maximum atomic E-state index is 12.0. The number of hydrogen-bond donors (Lipinski definition) is 1. The highest BCUT2D eigenvalue weighted by atomic mass is 16.5. The predicted octanol–water partition coefficient (Wildman–Crippen LogP) is 3.72. The molecule has 1 atom stereocenters. The molecule has 1 heterocycles. The molecule has 5 nitrogen and oxygen atoms in total. The quantitative estimate of drug-likeness (QED) is 0.725. The van der Waals surface area contributed by atoms with Gasteiger partial charge in [0.05, 0.1) is 6.61 Å². The third kappa shape index (κ3) is 3.81. The van der Waals surface area contributed by atoms with Gasteiger partial charge >= 0.3 is 0 Å². The van der Waals surface area contributed by atoms with Crippen LogP contribution in [0, 0.1) is 5.92 Å². The Morgan fingerprint density at radius 3 is 2.62 bits per heavy atom. The van der Waals surface area contributed by atoms with E-state index in [1.807, 2.05) is 61.6 Å². The third-order valence-corrected chi connectivity index (χ3v) is 5.44. The lowest BCUT2D eigenvalue weighted by Gasteiger charge is -2.15. The van der Waals surface area contributed by atoms with Crippen molar-refractivity contribution in [3.8, 4) is 16.9 Å². The number of carbonyl (C=O) groups excluding carboxylic acids is 2. The highest BCUT2D eigenvalue weighted by molar-refractivity contribution is 6.01. The van der Waals surface area contributed by atoms with Crippen molar-refractivity contribution in [3.05, 3.63) is 66.2 Å². The summed E-state index contributed by atoms with van der Waals surface area (Å²) in [5.74, 6) is 1.10. The van der Waals surface area contributed by atoms with Crippen LogP contribution >= 0.6 is 0 Å². The Morgan fingerprint density at radius 2 is 1.90 bits per heavy atom. The van der Waals surface area contributed by atoms with Crippen LogP contribution in [-0.4, -0.2) is 44.0 Å². The molecule has 1 fully saturated rings.